The summed E-state index contributed by atoms with van der Waals surface area (Å²) < 4.78 is 37.6. The van der Waals surface area contributed by atoms with E-state index in [2.05, 4.69) is 24.1 Å². The molecule has 7 nitrogen and oxygen atoms in total. The Kier molecular flexibility index (Phi) is 8.46. The molecule has 1 aliphatic heterocycles. The minimum absolute atomic E-state index is 0.226. The van der Waals surface area contributed by atoms with E-state index in [0.717, 1.165) is 48.9 Å². The zero-order chi connectivity index (χ0) is 24.9. The van der Waals surface area contributed by atoms with E-state index in [1.165, 1.54) is 37.1 Å². The molecular formula is C24H32F3N3O4. The lowest BCUT2D eigenvalue weighted by atomic mass is 10.0. The van der Waals surface area contributed by atoms with Crippen molar-refractivity contribution in [2.45, 2.75) is 64.6 Å². The summed E-state index contributed by atoms with van der Waals surface area (Å²) >= 11 is 0. The molecule has 34 heavy (non-hydrogen) atoms. The lowest BCUT2D eigenvalue weighted by Crippen LogP contribution is -2.21. The normalized spacial score (nSPS) is 15.8. The number of carboxylic acids is 1. The van der Waals surface area contributed by atoms with Gasteiger partial charge in [-0.05, 0) is 82.7 Å². The Hall–Kier alpha value is -2.75. The molecule has 1 fully saturated rings. The molecule has 2 heterocycles. The number of likely N-dealkylation sites (tertiary alicyclic amines) is 1. The number of carbonyl (C=O) groups is 1. The van der Waals surface area contributed by atoms with Gasteiger partial charge < -0.3 is 25.2 Å². The van der Waals surface area contributed by atoms with Gasteiger partial charge in [-0.3, -0.25) is 0 Å². The first-order chi connectivity index (χ1) is 16.1. The largest absolute Gasteiger partial charge is 0.504 e. The molecule has 0 saturated carbocycles. The van der Waals surface area contributed by atoms with Crippen LogP contribution in [0, 0.1) is 0 Å². The molecule has 1 aromatic carbocycles. The Labute approximate surface area is 196 Å². The van der Waals surface area contributed by atoms with Crippen LogP contribution in [0.25, 0.3) is 10.9 Å². The van der Waals surface area contributed by atoms with Crippen molar-refractivity contribution >= 4 is 22.7 Å². The van der Waals surface area contributed by atoms with Gasteiger partial charge >= 0.3 is 12.1 Å². The number of hydrogen-bond donors (Lipinski definition) is 3. The summed E-state index contributed by atoms with van der Waals surface area (Å²) in [5.41, 5.74) is 3.56. The second kappa shape index (κ2) is 11.1. The molecule has 1 saturated heterocycles. The van der Waals surface area contributed by atoms with Gasteiger partial charge in [0.25, 0.3) is 0 Å². The number of aromatic nitrogens is 1. The van der Waals surface area contributed by atoms with Crippen molar-refractivity contribution in [3.05, 3.63) is 23.3 Å². The number of alkyl halides is 3. The van der Waals surface area contributed by atoms with Gasteiger partial charge in [0, 0.05) is 24.0 Å². The first kappa shape index (κ1) is 25.9. The van der Waals surface area contributed by atoms with Crippen molar-refractivity contribution in [2.24, 2.45) is 0 Å². The van der Waals surface area contributed by atoms with Crippen LogP contribution in [0.4, 0.5) is 19.0 Å². The van der Waals surface area contributed by atoms with Crippen LogP contribution >= 0.6 is 0 Å². The van der Waals surface area contributed by atoms with Gasteiger partial charge in [-0.25, -0.2) is 9.78 Å². The lowest BCUT2D eigenvalue weighted by Gasteiger charge is -2.17. The summed E-state index contributed by atoms with van der Waals surface area (Å²) in [6.07, 6.45) is 1.79. The number of fused-ring (bicyclic) bond motifs is 3. The number of rotatable bonds is 7. The number of benzene rings is 1. The second-order valence-electron chi connectivity index (χ2n) is 8.96. The highest BCUT2D eigenvalue weighted by Gasteiger charge is 2.38. The van der Waals surface area contributed by atoms with Crippen molar-refractivity contribution in [3.8, 4) is 11.5 Å². The summed E-state index contributed by atoms with van der Waals surface area (Å²) in [7, 11) is 0. The van der Waals surface area contributed by atoms with Gasteiger partial charge in [0.1, 0.15) is 5.82 Å². The third-order valence-electron chi connectivity index (χ3n) is 5.88. The highest BCUT2D eigenvalue weighted by Crippen LogP contribution is 2.38. The first-order valence-corrected chi connectivity index (χ1v) is 11.7. The number of aromatic hydroxyl groups is 1. The summed E-state index contributed by atoms with van der Waals surface area (Å²) in [6.45, 7) is 8.39. The second-order valence-corrected chi connectivity index (χ2v) is 8.96. The third-order valence-corrected chi connectivity index (χ3v) is 5.88. The smallest absolute Gasteiger partial charge is 0.490 e. The predicted molar refractivity (Wildman–Crippen MR) is 124 cm³/mol. The SMILES string of the molecule is CC(C)Nc1nc2cc(OCCCN3CCCC3)c(O)cc2c2c1CCC2.O=C(O)C(F)(F)F. The molecule has 0 bridgehead atoms. The van der Waals surface area contributed by atoms with E-state index in [9.17, 15) is 18.3 Å². The maximum absolute atomic E-state index is 10.6. The number of anilines is 1. The Balaban J connectivity index is 0.000000406. The number of nitrogens with one attached hydrogen (secondary N) is 1. The summed E-state index contributed by atoms with van der Waals surface area (Å²) in [5.74, 6) is -0.989. The van der Waals surface area contributed by atoms with Crippen molar-refractivity contribution in [1.29, 1.82) is 0 Å². The molecule has 1 aromatic heterocycles. The van der Waals surface area contributed by atoms with Crippen molar-refractivity contribution < 1.29 is 32.9 Å². The van der Waals surface area contributed by atoms with E-state index in [1.54, 1.807) is 0 Å². The molecular weight excluding hydrogens is 451 g/mol. The fourth-order valence-corrected chi connectivity index (χ4v) is 4.37. The number of hydrogen-bond acceptors (Lipinski definition) is 6. The highest BCUT2D eigenvalue weighted by atomic mass is 19.4. The van der Waals surface area contributed by atoms with Crippen LogP contribution in [0.1, 0.15) is 50.7 Å². The van der Waals surface area contributed by atoms with Crippen molar-refractivity contribution in [2.75, 3.05) is 31.6 Å². The summed E-state index contributed by atoms with van der Waals surface area (Å²) in [6, 6.07) is 4.10. The van der Waals surface area contributed by atoms with E-state index < -0.39 is 12.1 Å². The molecule has 2 aromatic rings. The van der Waals surface area contributed by atoms with Gasteiger partial charge in [-0.2, -0.15) is 13.2 Å². The molecule has 0 unspecified atom stereocenters. The zero-order valence-electron chi connectivity index (χ0n) is 19.5. The lowest BCUT2D eigenvalue weighted by molar-refractivity contribution is -0.192. The number of nitrogens with zero attached hydrogens (tertiary/aromatic N) is 2. The molecule has 2 aliphatic rings. The molecule has 0 amide bonds. The zero-order valence-corrected chi connectivity index (χ0v) is 19.5. The van der Waals surface area contributed by atoms with Crippen molar-refractivity contribution in [3.63, 3.8) is 0 Å². The number of aryl methyl sites for hydroxylation is 1. The molecule has 1 aliphatic carbocycles. The average Bonchev–Trinajstić information content (AvgIpc) is 3.44. The maximum Gasteiger partial charge on any atom is 0.490 e. The molecule has 0 spiro atoms. The number of halogens is 3. The topological polar surface area (TPSA) is 94.9 Å². The van der Waals surface area contributed by atoms with Crippen LogP contribution in [0.5, 0.6) is 11.5 Å². The van der Waals surface area contributed by atoms with Crippen LogP contribution in [0.3, 0.4) is 0 Å². The highest BCUT2D eigenvalue weighted by molar-refractivity contribution is 5.89. The maximum atomic E-state index is 10.6. The predicted octanol–water partition coefficient (Wildman–Crippen LogP) is 4.75. The number of pyridine rings is 1. The number of carboxylic acid groups (broad SMARTS) is 1. The summed E-state index contributed by atoms with van der Waals surface area (Å²) in [5, 5.41) is 22.2. The van der Waals surface area contributed by atoms with E-state index in [4.69, 9.17) is 19.6 Å². The Bertz CT molecular complexity index is 1010. The summed E-state index contributed by atoms with van der Waals surface area (Å²) in [4.78, 5) is 16.2. The number of phenols is 1. The van der Waals surface area contributed by atoms with E-state index in [-0.39, 0.29) is 5.75 Å². The molecule has 3 N–H and O–H groups in total. The molecule has 0 atom stereocenters. The monoisotopic (exact) mass is 483 g/mol. The molecule has 10 heteroatoms. The quantitative estimate of drug-likeness (QED) is 0.490. The fraction of sp³-hybridized carbons (Fsp3) is 0.583. The number of aliphatic carboxylic acids is 1. The third kappa shape index (κ3) is 6.65. The Morgan fingerprint density at radius 2 is 1.82 bits per heavy atom. The average molecular weight is 484 g/mol. The minimum Gasteiger partial charge on any atom is -0.504 e. The first-order valence-electron chi connectivity index (χ1n) is 11.7. The minimum atomic E-state index is -5.08. The number of ether oxygens (including phenoxy) is 1. The van der Waals surface area contributed by atoms with Crippen LogP contribution in [-0.4, -0.2) is 64.5 Å². The molecule has 0 radical (unpaired) electrons. The fourth-order valence-electron chi connectivity index (χ4n) is 4.37. The van der Waals surface area contributed by atoms with Gasteiger partial charge in [0.2, 0.25) is 0 Å². The van der Waals surface area contributed by atoms with E-state index in [0.29, 0.717) is 18.4 Å². The van der Waals surface area contributed by atoms with Crippen LogP contribution in [0.2, 0.25) is 0 Å². The van der Waals surface area contributed by atoms with Gasteiger partial charge in [-0.1, -0.05) is 0 Å². The number of phenolic OH excluding ortho intramolecular Hbond substituents is 1. The Morgan fingerprint density at radius 3 is 2.44 bits per heavy atom. The van der Waals surface area contributed by atoms with E-state index >= 15 is 0 Å². The molecule has 4 rings (SSSR count). The van der Waals surface area contributed by atoms with Crippen LogP contribution in [-0.2, 0) is 17.6 Å². The molecule has 188 valence electrons. The van der Waals surface area contributed by atoms with Gasteiger partial charge in [0.15, 0.2) is 11.5 Å². The van der Waals surface area contributed by atoms with Gasteiger partial charge in [0.05, 0.1) is 12.1 Å². The van der Waals surface area contributed by atoms with Crippen LogP contribution in [0.15, 0.2) is 12.1 Å². The van der Waals surface area contributed by atoms with Crippen LogP contribution < -0.4 is 10.1 Å². The van der Waals surface area contributed by atoms with Gasteiger partial charge in [-0.15, -0.1) is 0 Å². The Morgan fingerprint density at radius 1 is 1.18 bits per heavy atom. The van der Waals surface area contributed by atoms with Crippen molar-refractivity contribution in [1.82, 2.24) is 9.88 Å². The standard InChI is InChI=1S/C22H31N3O2.C2HF3O2/c1-15(2)23-22-17-8-5-7-16(17)18-13-20(26)21(14-19(18)24-22)27-12-6-11-25-9-3-4-10-25;3-2(4,5)1(6)7/h13-15,26H,3-12H2,1-2H3,(H,23,24);(H,6,7). The van der Waals surface area contributed by atoms with E-state index in [1.807, 2.05) is 12.1 Å².